The summed E-state index contributed by atoms with van der Waals surface area (Å²) in [4.78, 5) is 87.3. The summed E-state index contributed by atoms with van der Waals surface area (Å²) in [6, 6.07) is 20.5. The molecule has 5 amide bonds. The molecule has 5 aromatic rings. The number of halogens is 1. The SMILES string of the molecule is Cc1cc(C(=O)Nc2cccc(Sc3cnc(N4CCC(C)(N)CC4)cn3)c2)ccc1N1CCC(N2CC=C(c3cnc(C(=O)NCc4ccc5c(c4)CN(C4CCC(=O)NC4=O)C5=O)cc3Cl)CC2)CC1. The van der Waals surface area contributed by atoms with Crippen LogP contribution in [0, 0.1) is 6.92 Å². The highest BCUT2D eigenvalue weighted by Crippen LogP contribution is 2.34. The number of amides is 5. The van der Waals surface area contributed by atoms with Gasteiger partial charge >= 0.3 is 0 Å². The highest BCUT2D eigenvalue weighted by molar-refractivity contribution is 7.99. The number of rotatable bonds is 12. The lowest BCUT2D eigenvalue weighted by atomic mass is 9.91. The Kier molecular flexibility index (Phi) is 14.2. The van der Waals surface area contributed by atoms with Crippen molar-refractivity contribution in [3.8, 4) is 0 Å². The zero-order valence-electron chi connectivity index (χ0n) is 40.5. The van der Waals surface area contributed by atoms with Gasteiger partial charge in [0.1, 0.15) is 22.6 Å². The molecule has 2 aromatic heterocycles. The number of nitrogens with one attached hydrogen (secondary N) is 3. The number of anilines is 3. The van der Waals surface area contributed by atoms with Gasteiger partial charge in [-0.15, -0.1) is 0 Å². The normalized spacial score (nSPS) is 19.4. The van der Waals surface area contributed by atoms with Gasteiger partial charge in [0.2, 0.25) is 11.8 Å². The Bertz CT molecular complexity index is 2970. The molecule has 3 fully saturated rings. The number of benzene rings is 3. The van der Waals surface area contributed by atoms with E-state index in [2.05, 4.69) is 71.6 Å². The van der Waals surface area contributed by atoms with Gasteiger partial charge in [0.15, 0.2) is 0 Å². The van der Waals surface area contributed by atoms with Crippen LogP contribution >= 0.6 is 23.4 Å². The first-order chi connectivity index (χ1) is 34.7. The molecule has 7 heterocycles. The maximum Gasteiger partial charge on any atom is 0.270 e. The van der Waals surface area contributed by atoms with Gasteiger partial charge in [-0.1, -0.05) is 47.6 Å². The van der Waals surface area contributed by atoms with Crippen molar-refractivity contribution in [3.63, 3.8) is 0 Å². The van der Waals surface area contributed by atoms with E-state index >= 15 is 0 Å². The molecule has 5 aliphatic heterocycles. The molecule has 5 N–H and O–H groups in total. The monoisotopic (exact) mass is 1010 g/mol. The van der Waals surface area contributed by atoms with Crippen LogP contribution in [-0.2, 0) is 22.7 Å². The number of hydrogen-bond acceptors (Lipinski definition) is 13. The quantitative estimate of drug-likeness (QED) is 0.0933. The van der Waals surface area contributed by atoms with E-state index in [4.69, 9.17) is 17.3 Å². The summed E-state index contributed by atoms with van der Waals surface area (Å²) in [5.74, 6) is -0.687. The Morgan fingerprint density at radius 3 is 2.40 bits per heavy atom. The van der Waals surface area contributed by atoms with Crippen LogP contribution in [0.25, 0.3) is 5.57 Å². The first-order valence-electron chi connectivity index (χ1n) is 24.7. The largest absolute Gasteiger partial charge is 0.371 e. The number of nitrogens with two attached hydrogens (primary N) is 1. The van der Waals surface area contributed by atoms with Crippen molar-refractivity contribution in [3.05, 3.63) is 135 Å². The van der Waals surface area contributed by atoms with Gasteiger partial charge in [0.25, 0.3) is 17.7 Å². The Morgan fingerprint density at radius 2 is 1.68 bits per heavy atom. The topological polar surface area (TPSA) is 199 Å². The number of imide groups is 1. The second kappa shape index (κ2) is 20.8. The average Bonchev–Trinajstić information content (AvgIpc) is 3.70. The van der Waals surface area contributed by atoms with Crippen LogP contribution in [-0.4, -0.2) is 111 Å². The minimum atomic E-state index is -0.687. The summed E-state index contributed by atoms with van der Waals surface area (Å²) in [5, 5.41) is 9.57. The predicted octanol–water partition coefficient (Wildman–Crippen LogP) is 7.00. The maximum absolute atomic E-state index is 13.5. The molecule has 10 rings (SSSR count). The van der Waals surface area contributed by atoms with Crippen molar-refractivity contribution < 1.29 is 24.0 Å². The summed E-state index contributed by atoms with van der Waals surface area (Å²) in [5.41, 5.74) is 13.9. The van der Waals surface area contributed by atoms with E-state index in [0.717, 1.165) is 121 Å². The molecule has 1 unspecified atom stereocenters. The highest BCUT2D eigenvalue weighted by Gasteiger charge is 2.39. The first kappa shape index (κ1) is 48.9. The van der Waals surface area contributed by atoms with Crippen LogP contribution in [0.5, 0.6) is 0 Å². The van der Waals surface area contributed by atoms with E-state index < -0.39 is 11.9 Å². The molecule has 372 valence electrons. The van der Waals surface area contributed by atoms with Gasteiger partial charge in [-0.3, -0.25) is 39.2 Å². The van der Waals surface area contributed by atoms with Crippen LogP contribution < -0.4 is 31.5 Å². The molecule has 3 aromatic carbocycles. The Morgan fingerprint density at radius 1 is 0.861 bits per heavy atom. The molecular weight excluding hydrogens is 950 g/mol. The number of carbonyl (C=O) groups excluding carboxylic acids is 5. The van der Waals surface area contributed by atoms with Gasteiger partial charge in [0, 0.05) is 110 Å². The van der Waals surface area contributed by atoms with Crippen molar-refractivity contribution in [2.45, 2.75) is 99.4 Å². The third-order valence-electron chi connectivity index (χ3n) is 14.7. The van der Waals surface area contributed by atoms with Crippen LogP contribution in [0.15, 0.2) is 101 Å². The lowest BCUT2D eigenvalue weighted by molar-refractivity contribution is -0.136. The summed E-state index contributed by atoms with van der Waals surface area (Å²) in [6.07, 6.45) is 12.7. The Labute approximate surface area is 428 Å². The van der Waals surface area contributed by atoms with Gasteiger partial charge in [-0.05, 0) is 123 Å². The van der Waals surface area contributed by atoms with E-state index in [9.17, 15) is 24.0 Å². The van der Waals surface area contributed by atoms with Crippen LogP contribution in [0.3, 0.4) is 0 Å². The predicted molar refractivity (Wildman–Crippen MR) is 278 cm³/mol. The fraction of sp³-hybridized carbons (Fsp3) is 0.370. The van der Waals surface area contributed by atoms with E-state index in [0.29, 0.717) is 34.3 Å². The van der Waals surface area contributed by atoms with Crippen molar-refractivity contribution in [1.82, 2.24) is 35.4 Å². The smallest absolute Gasteiger partial charge is 0.270 e. The zero-order chi connectivity index (χ0) is 50.1. The van der Waals surface area contributed by atoms with Gasteiger partial charge in [0.05, 0.1) is 17.4 Å². The second-order valence-corrected chi connectivity index (χ2v) is 21.3. The lowest BCUT2D eigenvalue weighted by Gasteiger charge is -2.41. The second-order valence-electron chi connectivity index (χ2n) is 19.8. The van der Waals surface area contributed by atoms with Crippen LogP contribution in [0.1, 0.15) is 105 Å². The molecule has 3 saturated heterocycles. The van der Waals surface area contributed by atoms with E-state index in [1.807, 2.05) is 48.7 Å². The van der Waals surface area contributed by atoms with E-state index in [-0.39, 0.29) is 54.4 Å². The third-order valence-corrected chi connectivity index (χ3v) is 15.9. The molecule has 72 heavy (non-hydrogen) atoms. The van der Waals surface area contributed by atoms with Crippen LogP contribution in [0.2, 0.25) is 5.02 Å². The van der Waals surface area contributed by atoms with Gasteiger partial charge < -0.3 is 31.1 Å². The van der Waals surface area contributed by atoms with E-state index in [1.165, 1.54) is 16.7 Å². The number of nitrogens with zero attached hydrogens (tertiary/aromatic N) is 7. The van der Waals surface area contributed by atoms with Crippen molar-refractivity contribution in [1.29, 1.82) is 0 Å². The average molecular weight is 1010 g/mol. The lowest BCUT2D eigenvalue weighted by Crippen LogP contribution is -2.52. The number of aromatic nitrogens is 3. The Hall–Kier alpha value is -6.66. The number of carbonyl (C=O) groups is 5. The number of aryl methyl sites for hydroxylation is 1. The molecule has 0 radical (unpaired) electrons. The molecular formula is C54H58ClN11O5S. The fourth-order valence-electron chi connectivity index (χ4n) is 10.4. The number of fused-ring (bicyclic) bond motifs is 1. The molecule has 0 aliphatic carbocycles. The third kappa shape index (κ3) is 10.9. The zero-order valence-corrected chi connectivity index (χ0v) is 42.0. The minimum absolute atomic E-state index is 0.124. The van der Waals surface area contributed by atoms with Gasteiger partial charge in [-0.25, -0.2) is 9.97 Å². The molecule has 5 aliphatic rings. The first-order valence-corrected chi connectivity index (χ1v) is 25.9. The molecule has 0 bridgehead atoms. The summed E-state index contributed by atoms with van der Waals surface area (Å²) >= 11 is 8.30. The maximum atomic E-state index is 13.5. The number of pyridine rings is 1. The summed E-state index contributed by atoms with van der Waals surface area (Å²) in [7, 11) is 0. The Balaban J connectivity index is 0.672. The summed E-state index contributed by atoms with van der Waals surface area (Å²) < 4.78 is 0. The van der Waals surface area contributed by atoms with Gasteiger partial charge in [-0.2, -0.15) is 0 Å². The van der Waals surface area contributed by atoms with E-state index in [1.54, 1.807) is 30.6 Å². The number of hydrogen-bond donors (Lipinski definition) is 4. The highest BCUT2D eigenvalue weighted by atomic mass is 35.5. The molecule has 0 spiro atoms. The van der Waals surface area contributed by atoms with Crippen molar-refractivity contribution in [2.75, 3.05) is 54.4 Å². The molecule has 18 heteroatoms. The molecule has 16 nitrogen and oxygen atoms in total. The molecule has 1 atom stereocenters. The molecule has 0 saturated carbocycles. The standard InChI is InChI=1S/C54H58ClN11O5S/c1-33-24-36(50(68)61-38-4-3-5-40(26-38)72-49-31-58-47(30-59-49)65-22-16-54(2,56)17-23-65)7-9-45(33)64-20-14-39(15-21-64)63-18-12-35(13-19-63)42-29-57-44(27-43(42)55)51(69)60-28-34-6-8-41-37(25-34)32-66(53(41)71)46-10-11-48(67)62-52(46)70/h3-9,12,24-27,29-31,39,46H,10-11,13-23,28,32,56H2,1-2H3,(H,60,69)(H,61,68)(H,62,67,70). The number of piperidine rings is 3. The van der Waals surface area contributed by atoms with Crippen molar-refractivity contribution in [2.24, 2.45) is 5.73 Å². The van der Waals surface area contributed by atoms with Crippen LogP contribution in [0.4, 0.5) is 17.2 Å². The summed E-state index contributed by atoms with van der Waals surface area (Å²) in [6.45, 7) is 9.91. The fourth-order valence-corrected chi connectivity index (χ4v) is 11.5. The minimum Gasteiger partial charge on any atom is -0.371 e. The van der Waals surface area contributed by atoms with Crippen molar-refractivity contribution >= 4 is 75.7 Å².